The van der Waals surface area contributed by atoms with Crippen molar-refractivity contribution in [3.63, 3.8) is 0 Å². The number of hydrogen-bond acceptors (Lipinski definition) is 4. The van der Waals surface area contributed by atoms with E-state index >= 15 is 0 Å². The maximum absolute atomic E-state index is 11.9. The van der Waals surface area contributed by atoms with Gasteiger partial charge < -0.3 is 19.0 Å². The highest BCUT2D eigenvalue weighted by Crippen LogP contribution is 2.36. The van der Waals surface area contributed by atoms with Gasteiger partial charge in [-0.25, -0.2) is 4.79 Å². The molecule has 1 aliphatic rings. The molecule has 1 fully saturated rings. The summed E-state index contributed by atoms with van der Waals surface area (Å²) in [6.07, 6.45) is 1.68. The van der Waals surface area contributed by atoms with Gasteiger partial charge in [0.1, 0.15) is 0 Å². The minimum atomic E-state index is -0.418. The molecule has 5 nitrogen and oxygen atoms in total. The summed E-state index contributed by atoms with van der Waals surface area (Å²) in [5, 5.41) is 0.837. The standard InChI is InChI=1S/C17H22BNO4/c1-6-21-15(20)13-10-19-14-9-11(7-8-12(13)14)18-22-16(2,3)17(4,5)23-18/h7-10,19H,6H2,1-5H3. The first kappa shape index (κ1) is 16.1. The molecule has 0 aliphatic carbocycles. The van der Waals surface area contributed by atoms with Crippen molar-refractivity contribution in [1.82, 2.24) is 4.98 Å². The monoisotopic (exact) mass is 315 g/mol. The minimum absolute atomic E-state index is 0.317. The van der Waals surface area contributed by atoms with Gasteiger partial charge in [-0.3, -0.25) is 0 Å². The van der Waals surface area contributed by atoms with Crippen LogP contribution in [0, 0.1) is 0 Å². The van der Waals surface area contributed by atoms with Gasteiger partial charge in [0.15, 0.2) is 0 Å². The van der Waals surface area contributed by atoms with E-state index in [0.717, 1.165) is 16.4 Å². The number of ether oxygens (including phenoxy) is 1. The molecule has 1 N–H and O–H groups in total. The zero-order valence-electron chi connectivity index (χ0n) is 14.2. The fourth-order valence-electron chi connectivity index (χ4n) is 2.65. The van der Waals surface area contributed by atoms with Crippen molar-refractivity contribution < 1.29 is 18.8 Å². The summed E-state index contributed by atoms with van der Waals surface area (Å²) >= 11 is 0. The first-order chi connectivity index (χ1) is 10.7. The van der Waals surface area contributed by atoms with Gasteiger partial charge in [0, 0.05) is 17.1 Å². The summed E-state index contributed by atoms with van der Waals surface area (Å²) in [7, 11) is -0.418. The predicted molar refractivity (Wildman–Crippen MR) is 90.0 cm³/mol. The number of hydrogen-bond donors (Lipinski definition) is 1. The van der Waals surface area contributed by atoms with Gasteiger partial charge in [0.05, 0.1) is 23.4 Å². The van der Waals surface area contributed by atoms with Gasteiger partial charge in [-0.05, 0) is 46.1 Å². The number of aromatic amines is 1. The number of esters is 1. The van der Waals surface area contributed by atoms with Crippen molar-refractivity contribution in [2.75, 3.05) is 6.61 Å². The van der Waals surface area contributed by atoms with E-state index in [0.29, 0.717) is 12.2 Å². The molecule has 1 aliphatic heterocycles. The Morgan fingerprint density at radius 3 is 2.48 bits per heavy atom. The van der Waals surface area contributed by atoms with E-state index in [9.17, 15) is 4.79 Å². The number of aromatic nitrogens is 1. The average molecular weight is 315 g/mol. The SMILES string of the molecule is CCOC(=O)c1c[nH]c2cc(B3OC(C)(C)C(C)(C)O3)ccc12. The molecule has 0 atom stereocenters. The molecule has 0 saturated carbocycles. The molecule has 0 bridgehead atoms. The van der Waals surface area contributed by atoms with Crippen molar-refractivity contribution in [3.8, 4) is 0 Å². The maximum atomic E-state index is 11.9. The number of carbonyl (C=O) groups is 1. The molecular weight excluding hydrogens is 293 g/mol. The molecule has 0 spiro atoms. The van der Waals surface area contributed by atoms with Crippen LogP contribution in [0.15, 0.2) is 24.4 Å². The molecule has 2 heterocycles. The van der Waals surface area contributed by atoms with Crippen molar-refractivity contribution in [1.29, 1.82) is 0 Å². The van der Waals surface area contributed by atoms with E-state index < -0.39 is 7.12 Å². The largest absolute Gasteiger partial charge is 0.494 e. The Labute approximate surface area is 136 Å². The third-order valence-electron chi connectivity index (χ3n) is 4.73. The Morgan fingerprint density at radius 2 is 1.87 bits per heavy atom. The van der Waals surface area contributed by atoms with Crippen LogP contribution in [0.25, 0.3) is 10.9 Å². The average Bonchev–Trinajstić information content (AvgIpc) is 2.97. The third-order valence-corrected chi connectivity index (χ3v) is 4.73. The van der Waals surface area contributed by atoms with E-state index in [-0.39, 0.29) is 17.2 Å². The van der Waals surface area contributed by atoms with Crippen molar-refractivity contribution >= 4 is 29.5 Å². The van der Waals surface area contributed by atoms with E-state index in [2.05, 4.69) is 4.98 Å². The smallest absolute Gasteiger partial charge is 0.462 e. The van der Waals surface area contributed by atoms with Crippen LogP contribution in [-0.2, 0) is 14.0 Å². The van der Waals surface area contributed by atoms with Crippen LogP contribution in [0.2, 0.25) is 0 Å². The zero-order chi connectivity index (χ0) is 16.8. The Hall–Kier alpha value is -1.79. The van der Waals surface area contributed by atoms with Crippen molar-refractivity contribution in [2.45, 2.75) is 45.8 Å². The quantitative estimate of drug-likeness (QED) is 0.699. The van der Waals surface area contributed by atoms with Gasteiger partial charge in [-0.1, -0.05) is 12.1 Å². The minimum Gasteiger partial charge on any atom is -0.462 e. The maximum Gasteiger partial charge on any atom is 0.494 e. The second-order valence-corrected chi connectivity index (χ2v) is 6.82. The Balaban J connectivity index is 1.92. The molecule has 2 aromatic rings. The van der Waals surface area contributed by atoms with Crippen molar-refractivity contribution in [2.24, 2.45) is 0 Å². The molecule has 1 aromatic heterocycles. The lowest BCUT2D eigenvalue weighted by molar-refractivity contribution is 0.00578. The number of H-pyrrole nitrogens is 1. The number of rotatable bonds is 3. The second kappa shape index (κ2) is 5.39. The number of carbonyl (C=O) groups excluding carboxylic acids is 1. The molecule has 0 amide bonds. The molecule has 1 aromatic carbocycles. The molecular formula is C17H22BNO4. The first-order valence-corrected chi connectivity index (χ1v) is 7.89. The predicted octanol–water partition coefficient (Wildman–Crippen LogP) is 2.64. The zero-order valence-corrected chi connectivity index (χ0v) is 14.2. The summed E-state index contributed by atoms with van der Waals surface area (Å²) in [4.78, 5) is 15.1. The van der Waals surface area contributed by atoms with Crippen LogP contribution in [0.5, 0.6) is 0 Å². The molecule has 1 saturated heterocycles. The lowest BCUT2D eigenvalue weighted by Gasteiger charge is -2.32. The first-order valence-electron chi connectivity index (χ1n) is 7.89. The summed E-state index contributed by atoms with van der Waals surface area (Å²) in [6.45, 7) is 10.3. The van der Waals surface area contributed by atoms with Crippen LogP contribution in [-0.4, -0.2) is 35.9 Å². The van der Waals surface area contributed by atoms with Gasteiger partial charge in [0.2, 0.25) is 0 Å². The van der Waals surface area contributed by atoms with E-state index in [1.807, 2.05) is 45.9 Å². The second-order valence-electron chi connectivity index (χ2n) is 6.82. The molecule has 0 unspecified atom stereocenters. The van der Waals surface area contributed by atoms with Gasteiger partial charge in [0.25, 0.3) is 0 Å². The van der Waals surface area contributed by atoms with Crippen molar-refractivity contribution in [3.05, 3.63) is 30.0 Å². The third kappa shape index (κ3) is 2.66. The molecule has 6 heteroatoms. The van der Waals surface area contributed by atoms with Gasteiger partial charge in [-0.15, -0.1) is 0 Å². The number of benzene rings is 1. The highest BCUT2D eigenvalue weighted by molar-refractivity contribution is 6.62. The van der Waals surface area contributed by atoms with Gasteiger partial charge in [-0.2, -0.15) is 0 Å². The topological polar surface area (TPSA) is 60.6 Å². The lowest BCUT2D eigenvalue weighted by Crippen LogP contribution is -2.41. The highest BCUT2D eigenvalue weighted by atomic mass is 16.7. The van der Waals surface area contributed by atoms with Crippen LogP contribution >= 0.6 is 0 Å². The van der Waals surface area contributed by atoms with E-state index in [1.165, 1.54) is 0 Å². The van der Waals surface area contributed by atoms with Crippen LogP contribution in [0.1, 0.15) is 45.0 Å². The lowest BCUT2D eigenvalue weighted by atomic mass is 9.79. The van der Waals surface area contributed by atoms with E-state index in [1.54, 1.807) is 13.1 Å². The van der Waals surface area contributed by atoms with Crippen LogP contribution in [0.3, 0.4) is 0 Å². The van der Waals surface area contributed by atoms with Crippen LogP contribution in [0.4, 0.5) is 0 Å². The van der Waals surface area contributed by atoms with Gasteiger partial charge >= 0.3 is 13.1 Å². The van der Waals surface area contributed by atoms with E-state index in [4.69, 9.17) is 14.0 Å². The highest BCUT2D eigenvalue weighted by Gasteiger charge is 2.51. The number of nitrogens with one attached hydrogen (secondary N) is 1. The molecule has 122 valence electrons. The normalized spacial score (nSPS) is 19.3. The summed E-state index contributed by atoms with van der Waals surface area (Å²) < 4.78 is 17.2. The number of fused-ring (bicyclic) bond motifs is 1. The Morgan fingerprint density at radius 1 is 1.22 bits per heavy atom. The van der Waals surface area contributed by atoms with Crippen LogP contribution < -0.4 is 5.46 Å². The summed E-state index contributed by atoms with van der Waals surface area (Å²) in [6, 6.07) is 5.79. The summed E-state index contributed by atoms with van der Waals surface area (Å²) in [5.41, 5.74) is 1.58. The fourth-order valence-corrected chi connectivity index (χ4v) is 2.65. The molecule has 23 heavy (non-hydrogen) atoms. The fraction of sp³-hybridized carbons (Fsp3) is 0.471. The Kier molecular flexibility index (Phi) is 3.77. The summed E-state index contributed by atoms with van der Waals surface area (Å²) in [5.74, 6) is -0.317. The molecule has 0 radical (unpaired) electrons. The molecule has 3 rings (SSSR count). The Bertz CT molecular complexity index is 734.